The molecule has 1 aromatic heterocycles. The molecular formula is C20H27N3. The molecule has 1 heterocycles. The summed E-state index contributed by atoms with van der Waals surface area (Å²) in [5.41, 5.74) is 4.25. The van der Waals surface area contributed by atoms with Crippen LogP contribution < -0.4 is 10.6 Å². The number of nitrogens with one attached hydrogen (secondary N) is 2. The van der Waals surface area contributed by atoms with E-state index in [-0.39, 0.29) is 0 Å². The summed E-state index contributed by atoms with van der Waals surface area (Å²) in [5, 5.41) is 8.81. The van der Waals surface area contributed by atoms with Crippen LogP contribution in [0.25, 0.3) is 21.8 Å². The fourth-order valence-corrected chi connectivity index (χ4v) is 2.29. The van der Waals surface area contributed by atoms with E-state index in [1.54, 1.807) is 0 Å². The van der Waals surface area contributed by atoms with Gasteiger partial charge in [0.05, 0.1) is 11.0 Å². The van der Waals surface area contributed by atoms with E-state index in [1.165, 1.54) is 23.6 Å². The molecule has 3 nitrogen and oxygen atoms in total. The lowest BCUT2D eigenvalue weighted by Crippen LogP contribution is -1.96. The van der Waals surface area contributed by atoms with Crippen LogP contribution in [0.15, 0.2) is 42.5 Å². The van der Waals surface area contributed by atoms with Crippen molar-refractivity contribution in [2.24, 2.45) is 0 Å². The van der Waals surface area contributed by atoms with Crippen molar-refractivity contribution in [2.75, 3.05) is 24.2 Å². The second kappa shape index (κ2) is 8.37. The molecule has 0 aliphatic heterocycles. The van der Waals surface area contributed by atoms with E-state index in [2.05, 4.69) is 73.9 Å². The molecule has 0 saturated carbocycles. The van der Waals surface area contributed by atoms with Gasteiger partial charge in [-0.15, -0.1) is 0 Å². The minimum Gasteiger partial charge on any atom is -0.388 e. The Bertz CT molecular complexity index is 763. The summed E-state index contributed by atoms with van der Waals surface area (Å²) in [4.78, 5) is 4.75. The van der Waals surface area contributed by atoms with Crippen molar-refractivity contribution in [1.82, 2.24) is 4.98 Å². The summed E-state index contributed by atoms with van der Waals surface area (Å²) >= 11 is 0. The number of fused-ring (bicyclic) bond motifs is 2. The SMILES string of the molecule is CCCC.CCNc1ccc2cc3ccc(NC)cc3nc2c1. The van der Waals surface area contributed by atoms with Crippen LogP contribution in [0.2, 0.25) is 0 Å². The van der Waals surface area contributed by atoms with Crippen LogP contribution in [0.5, 0.6) is 0 Å². The molecular weight excluding hydrogens is 282 g/mol. The number of aromatic nitrogens is 1. The monoisotopic (exact) mass is 309 g/mol. The Morgan fingerprint density at radius 1 is 0.783 bits per heavy atom. The Morgan fingerprint density at radius 3 is 1.87 bits per heavy atom. The normalized spacial score (nSPS) is 10.3. The number of hydrogen-bond acceptors (Lipinski definition) is 3. The van der Waals surface area contributed by atoms with Crippen LogP contribution in [0.3, 0.4) is 0 Å². The lowest BCUT2D eigenvalue weighted by atomic mass is 10.1. The highest BCUT2D eigenvalue weighted by Gasteiger charge is 2.02. The summed E-state index contributed by atoms with van der Waals surface area (Å²) in [5.74, 6) is 0. The molecule has 0 radical (unpaired) electrons. The third-order valence-corrected chi connectivity index (χ3v) is 3.78. The zero-order valence-corrected chi connectivity index (χ0v) is 14.6. The zero-order valence-electron chi connectivity index (χ0n) is 14.6. The van der Waals surface area contributed by atoms with E-state index in [9.17, 15) is 0 Å². The standard InChI is InChI=1S/C16H17N3.C4H10/c1-3-18-14-7-5-12-8-11-4-6-13(17-2)9-15(11)19-16(12)10-14;1-3-4-2/h4-10,17-18H,3H2,1-2H3;3-4H2,1-2H3. The maximum atomic E-state index is 4.75. The average molecular weight is 309 g/mol. The molecule has 0 aliphatic carbocycles. The first-order valence-corrected chi connectivity index (χ1v) is 8.48. The Balaban J connectivity index is 0.000000433. The van der Waals surface area contributed by atoms with Crippen LogP contribution in [0, 0.1) is 0 Å². The minimum atomic E-state index is 0.920. The second-order valence-electron chi connectivity index (χ2n) is 5.58. The summed E-state index contributed by atoms with van der Waals surface area (Å²) in [6, 6.07) is 14.8. The lowest BCUT2D eigenvalue weighted by Gasteiger charge is -2.07. The van der Waals surface area contributed by atoms with E-state index in [0.717, 1.165) is 29.0 Å². The van der Waals surface area contributed by atoms with Crippen molar-refractivity contribution in [1.29, 1.82) is 0 Å². The Hall–Kier alpha value is -2.29. The van der Waals surface area contributed by atoms with E-state index in [1.807, 2.05) is 7.05 Å². The predicted molar refractivity (Wildman–Crippen MR) is 104 cm³/mol. The topological polar surface area (TPSA) is 37.0 Å². The molecule has 3 rings (SSSR count). The molecule has 2 aromatic carbocycles. The minimum absolute atomic E-state index is 0.920. The molecule has 0 fully saturated rings. The molecule has 23 heavy (non-hydrogen) atoms. The van der Waals surface area contributed by atoms with Crippen LogP contribution in [-0.4, -0.2) is 18.6 Å². The molecule has 122 valence electrons. The molecule has 0 amide bonds. The van der Waals surface area contributed by atoms with Gasteiger partial charge < -0.3 is 10.6 Å². The molecule has 0 aliphatic rings. The number of nitrogens with zero attached hydrogens (tertiary/aromatic N) is 1. The third-order valence-electron chi connectivity index (χ3n) is 3.78. The van der Waals surface area contributed by atoms with Crippen molar-refractivity contribution >= 4 is 33.2 Å². The molecule has 0 unspecified atom stereocenters. The predicted octanol–water partition coefficient (Wildman–Crippen LogP) is 5.67. The highest BCUT2D eigenvalue weighted by molar-refractivity contribution is 5.95. The first kappa shape index (κ1) is 17.1. The molecule has 0 spiro atoms. The fraction of sp³-hybridized carbons (Fsp3) is 0.350. The highest BCUT2D eigenvalue weighted by Crippen LogP contribution is 2.24. The molecule has 2 N–H and O–H groups in total. The van der Waals surface area contributed by atoms with Gasteiger partial charge in [0.15, 0.2) is 0 Å². The molecule has 3 heteroatoms. The van der Waals surface area contributed by atoms with E-state index < -0.39 is 0 Å². The van der Waals surface area contributed by atoms with E-state index >= 15 is 0 Å². The Labute approximate surface area is 139 Å². The maximum Gasteiger partial charge on any atom is 0.0730 e. The van der Waals surface area contributed by atoms with Gasteiger partial charge in [-0.1, -0.05) is 38.8 Å². The van der Waals surface area contributed by atoms with Crippen LogP contribution in [0.4, 0.5) is 11.4 Å². The van der Waals surface area contributed by atoms with E-state index in [0.29, 0.717) is 0 Å². The van der Waals surface area contributed by atoms with Gasteiger partial charge in [0.2, 0.25) is 0 Å². The number of benzene rings is 2. The number of unbranched alkanes of at least 4 members (excludes halogenated alkanes) is 1. The van der Waals surface area contributed by atoms with Gasteiger partial charge in [-0.25, -0.2) is 4.98 Å². The summed E-state index contributed by atoms with van der Waals surface area (Å²) in [6.07, 6.45) is 2.64. The zero-order chi connectivity index (χ0) is 16.7. The molecule has 3 aromatic rings. The van der Waals surface area contributed by atoms with Gasteiger partial charge in [0.1, 0.15) is 0 Å². The first-order valence-electron chi connectivity index (χ1n) is 8.48. The van der Waals surface area contributed by atoms with Crippen LogP contribution in [0.1, 0.15) is 33.6 Å². The highest BCUT2D eigenvalue weighted by atomic mass is 14.9. The summed E-state index contributed by atoms with van der Waals surface area (Å²) in [6.45, 7) is 7.38. The molecule has 0 bridgehead atoms. The quantitative estimate of drug-likeness (QED) is 0.610. The van der Waals surface area contributed by atoms with Crippen LogP contribution in [-0.2, 0) is 0 Å². The van der Waals surface area contributed by atoms with Gasteiger partial charge in [-0.3, -0.25) is 0 Å². The van der Waals surface area contributed by atoms with Crippen LogP contribution >= 0.6 is 0 Å². The lowest BCUT2D eigenvalue weighted by molar-refractivity contribution is 0.886. The third kappa shape index (κ3) is 4.35. The summed E-state index contributed by atoms with van der Waals surface area (Å²) in [7, 11) is 1.92. The number of anilines is 2. The van der Waals surface area contributed by atoms with Gasteiger partial charge in [0.25, 0.3) is 0 Å². The van der Waals surface area contributed by atoms with Crippen molar-refractivity contribution in [2.45, 2.75) is 33.6 Å². The Kier molecular flexibility index (Phi) is 6.21. The smallest absolute Gasteiger partial charge is 0.0730 e. The van der Waals surface area contributed by atoms with Gasteiger partial charge in [0, 0.05) is 35.7 Å². The van der Waals surface area contributed by atoms with Gasteiger partial charge >= 0.3 is 0 Å². The average Bonchev–Trinajstić information content (AvgIpc) is 2.60. The Morgan fingerprint density at radius 2 is 1.35 bits per heavy atom. The summed E-state index contributed by atoms with van der Waals surface area (Å²) < 4.78 is 0. The largest absolute Gasteiger partial charge is 0.388 e. The van der Waals surface area contributed by atoms with Crippen molar-refractivity contribution in [3.05, 3.63) is 42.5 Å². The number of hydrogen-bond donors (Lipinski definition) is 2. The van der Waals surface area contributed by atoms with Crippen molar-refractivity contribution in [3.8, 4) is 0 Å². The molecule has 0 saturated heterocycles. The van der Waals surface area contributed by atoms with Gasteiger partial charge in [-0.05, 0) is 37.3 Å². The maximum absolute atomic E-state index is 4.75. The fourth-order valence-electron chi connectivity index (χ4n) is 2.29. The second-order valence-corrected chi connectivity index (χ2v) is 5.58. The molecule has 0 atom stereocenters. The van der Waals surface area contributed by atoms with Crippen molar-refractivity contribution in [3.63, 3.8) is 0 Å². The number of pyridine rings is 1. The number of rotatable bonds is 4. The first-order chi connectivity index (χ1) is 11.2. The van der Waals surface area contributed by atoms with Gasteiger partial charge in [-0.2, -0.15) is 0 Å². The van der Waals surface area contributed by atoms with E-state index in [4.69, 9.17) is 4.98 Å². The van der Waals surface area contributed by atoms with Crippen molar-refractivity contribution < 1.29 is 0 Å².